The van der Waals surface area contributed by atoms with Crippen LogP contribution in [0.3, 0.4) is 0 Å². The fraction of sp³-hybridized carbons (Fsp3) is 0.650. The molecule has 10 heteroatoms. The molecule has 1 atom stereocenters. The van der Waals surface area contributed by atoms with Crippen LogP contribution in [0.4, 0.5) is 0 Å². The number of nitrogens with zero attached hydrogens (tertiary/aromatic N) is 3. The van der Waals surface area contributed by atoms with E-state index in [1.807, 2.05) is 12.1 Å². The van der Waals surface area contributed by atoms with Gasteiger partial charge < -0.3 is 19.1 Å². The van der Waals surface area contributed by atoms with Gasteiger partial charge in [-0.1, -0.05) is 6.07 Å². The van der Waals surface area contributed by atoms with Crippen molar-refractivity contribution in [3.05, 3.63) is 17.7 Å². The van der Waals surface area contributed by atoms with Crippen molar-refractivity contribution in [1.29, 1.82) is 0 Å². The standard InChI is InChI=1S/C20H31N3O6S/c1-27-17-8-7-15(18(28-2)19(17)29-3)14-21-10-12-22(13-11-21)20(24)16-6-5-9-23(16)30(4,25)26/h7-8,16H,5-6,9-14H2,1-4H3. The summed E-state index contributed by atoms with van der Waals surface area (Å²) in [7, 11) is 1.40. The zero-order valence-corrected chi connectivity index (χ0v) is 18.9. The maximum atomic E-state index is 12.9. The summed E-state index contributed by atoms with van der Waals surface area (Å²) >= 11 is 0. The van der Waals surface area contributed by atoms with Gasteiger partial charge >= 0.3 is 0 Å². The number of sulfonamides is 1. The summed E-state index contributed by atoms with van der Waals surface area (Å²) in [6, 6.07) is 3.26. The number of hydrogen-bond donors (Lipinski definition) is 0. The minimum atomic E-state index is -3.37. The van der Waals surface area contributed by atoms with Crippen LogP contribution in [-0.4, -0.2) is 94.8 Å². The molecule has 1 unspecified atom stereocenters. The van der Waals surface area contributed by atoms with Crippen molar-refractivity contribution in [1.82, 2.24) is 14.1 Å². The van der Waals surface area contributed by atoms with Gasteiger partial charge in [0.1, 0.15) is 6.04 Å². The van der Waals surface area contributed by atoms with Gasteiger partial charge in [-0.05, 0) is 18.9 Å². The molecular formula is C20H31N3O6S. The zero-order chi connectivity index (χ0) is 21.9. The highest BCUT2D eigenvalue weighted by Crippen LogP contribution is 2.40. The monoisotopic (exact) mass is 441 g/mol. The van der Waals surface area contributed by atoms with Gasteiger partial charge in [-0.25, -0.2) is 8.42 Å². The highest BCUT2D eigenvalue weighted by atomic mass is 32.2. The second kappa shape index (κ2) is 9.40. The van der Waals surface area contributed by atoms with E-state index in [0.29, 0.717) is 62.9 Å². The molecule has 1 aromatic carbocycles. The first kappa shape index (κ1) is 22.6. The average Bonchev–Trinajstić information content (AvgIpc) is 3.24. The second-order valence-corrected chi connectivity index (χ2v) is 9.56. The van der Waals surface area contributed by atoms with Crippen molar-refractivity contribution < 1.29 is 27.4 Å². The topological polar surface area (TPSA) is 88.6 Å². The molecule has 0 bridgehead atoms. The Morgan fingerprint density at radius 2 is 1.67 bits per heavy atom. The quantitative estimate of drug-likeness (QED) is 0.618. The van der Waals surface area contributed by atoms with E-state index in [1.54, 1.807) is 26.2 Å². The smallest absolute Gasteiger partial charge is 0.241 e. The molecule has 2 aliphatic rings. The molecule has 0 spiro atoms. The Balaban J connectivity index is 1.63. The number of rotatable bonds is 7. The molecular weight excluding hydrogens is 410 g/mol. The lowest BCUT2D eigenvalue weighted by atomic mass is 10.1. The maximum Gasteiger partial charge on any atom is 0.241 e. The summed E-state index contributed by atoms with van der Waals surface area (Å²) in [6.07, 6.45) is 2.49. The van der Waals surface area contributed by atoms with E-state index < -0.39 is 16.1 Å². The van der Waals surface area contributed by atoms with Crippen LogP contribution < -0.4 is 14.2 Å². The van der Waals surface area contributed by atoms with Crippen LogP contribution in [0.25, 0.3) is 0 Å². The fourth-order valence-corrected chi connectivity index (χ4v) is 5.37. The van der Waals surface area contributed by atoms with Crippen LogP contribution in [0.2, 0.25) is 0 Å². The van der Waals surface area contributed by atoms with Crippen LogP contribution in [0.1, 0.15) is 18.4 Å². The van der Waals surface area contributed by atoms with E-state index in [-0.39, 0.29) is 5.91 Å². The maximum absolute atomic E-state index is 12.9. The third kappa shape index (κ3) is 4.65. The van der Waals surface area contributed by atoms with Gasteiger partial charge in [-0.3, -0.25) is 9.69 Å². The van der Waals surface area contributed by atoms with Gasteiger partial charge in [0.2, 0.25) is 21.7 Å². The Morgan fingerprint density at radius 1 is 1.00 bits per heavy atom. The Morgan fingerprint density at radius 3 is 2.23 bits per heavy atom. The molecule has 2 saturated heterocycles. The van der Waals surface area contributed by atoms with Gasteiger partial charge in [-0.2, -0.15) is 4.31 Å². The molecule has 1 amide bonds. The number of benzene rings is 1. The molecule has 2 aliphatic heterocycles. The number of ether oxygens (including phenoxy) is 3. The SMILES string of the molecule is COc1ccc(CN2CCN(C(=O)C3CCCN3S(C)(=O)=O)CC2)c(OC)c1OC. The molecule has 9 nitrogen and oxygen atoms in total. The largest absolute Gasteiger partial charge is 0.493 e. The molecule has 0 aliphatic carbocycles. The third-order valence-corrected chi connectivity index (χ3v) is 7.07. The molecule has 3 rings (SSSR count). The first-order chi connectivity index (χ1) is 14.3. The summed E-state index contributed by atoms with van der Waals surface area (Å²) in [4.78, 5) is 17.0. The Labute approximate surface area is 178 Å². The van der Waals surface area contributed by atoms with Gasteiger partial charge in [0.05, 0.1) is 27.6 Å². The van der Waals surface area contributed by atoms with Gasteiger partial charge in [0, 0.05) is 44.8 Å². The Bertz CT molecular complexity index is 868. The van der Waals surface area contributed by atoms with Crippen molar-refractivity contribution in [3.8, 4) is 17.2 Å². The molecule has 0 saturated carbocycles. The summed E-state index contributed by atoms with van der Waals surface area (Å²) in [6.45, 7) is 3.63. The summed E-state index contributed by atoms with van der Waals surface area (Å²) in [5.74, 6) is 1.74. The van der Waals surface area contributed by atoms with E-state index in [0.717, 1.165) is 12.0 Å². The normalized spacial score (nSPS) is 20.9. The minimum Gasteiger partial charge on any atom is -0.493 e. The lowest BCUT2D eigenvalue weighted by Crippen LogP contribution is -2.54. The molecule has 0 radical (unpaired) electrons. The van der Waals surface area contributed by atoms with Crippen LogP contribution >= 0.6 is 0 Å². The number of carbonyl (C=O) groups excluding carboxylic acids is 1. The predicted octanol–water partition coefficient (Wildman–Crippen LogP) is 0.781. The van der Waals surface area contributed by atoms with E-state index in [1.165, 1.54) is 10.6 Å². The van der Waals surface area contributed by atoms with Crippen molar-refractivity contribution >= 4 is 15.9 Å². The zero-order valence-electron chi connectivity index (χ0n) is 18.1. The Kier molecular flexibility index (Phi) is 7.10. The minimum absolute atomic E-state index is 0.0822. The fourth-order valence-electron chi connectivity index (χ4n) is 4.25. The number of piperazine rings is 1. The Hall–Kier alpha value is -2.04. The van der Waals surface area contributed by atoms with Gasteiger partial charge in [0.25, 0.3) is 0 Å². The summed E-state index contributed by atoms with van der Waals surface area (Å²) < 4.78 is 41.6. The van der Waals surface area contributed by atoms with Crippen LogP contribution in [0.5, 0.6) is 17.2 Å². The van der Waals surface area contributed by atoms with E-state index in [2.05, 4.69) is 4.90 Å². The molecule has 30 heavy (non-hydrogen) atoms. The van der Waals surface area contributed by atoms with Crippen LogP contribution in [0.15, 0.2) is 12.1 Å². The lowest BCUT2D eigenvalue weighted by molar-refractivity contribution is -0.136. The van der Waals surface area contributed by atoms with Gasteiger partial charge in [0.15, 0.2) is 11.5 Å². The number of carbonyl (C=O) groups is 1. The molecule has 0 N–H and O–H groups in total. The molecule has 2 heterocycles. The average molecular weight is 442 g/mol. The van der Waals surface area contributed by atoms with Gasteiger partial charge in [-0.15, -0.1) is 0 Å². The van der Waals surface area contributed by atoms with Crippen molar-refractivity contribution in [2.45, 2.75) is 25.4 Å². The number of methoxy groups -OCH3 is 3. The highest BCUT2D eigenvalue weighted by Gasteiger charge is 2.39. The van der Waals surface area contributed by atoms with E-state index >= 15 is 0 Å². The molecule has 0 aromatic heterocycles. The predicted molar refractivity (Wildman–Crippen MR) is 113 cm³/mol. The summed E-state index contributed by atoms with van der Waals surface area (Å²) in [5, 5.41) is 0. The number of amides is 1. The van der Waals surface area contributed by atoms with Crippen LogP contribution in [0, 0.1) is 0 Å². The van der Waals surface area contributed by atoms with Crippen LogP contribution in [-0.2, 0) is 21.4 Å². The number of hydrogen-bond acceptors (Lipinski definition) is 7. The first-order valence-electron chi connectivity index (χ1n) is 10.1. The third-order valence-electron chi connectivity index (χ3n) is 5.78. The lowest BCUT2D eigenvalue weighted by Gasteiger charge is -2.37. The second-order valence-electron chi connectivity index (χ2n) is 7.63. The van der Waals surface area contributed by atoms with Crippen molar-refractivity contribution in [2.75, 3.05) is 60.3 Å². The molecule has 168 valence electrons. The molecule has 1 aromatic rings. The molecule has 2 fully saturated rings. The van der Waals surface area contributed by atoms with Crippen molar-refractivity contribution in [3.63, 3.8) is 0 Å². The van der Waals surface area contributed by atoms with E-state index in [9.17, 15) is 13.2 Å². The van der Waals surface area contributed by atoms with E-state index in [4.69, 9.17) is 14.2 Å². The summed E-state index contributed by atoms with van der Waals surface area (Å²) in [5.41, 5.74) is 0.981. The first-order valence-corrected chi connectivity index (χ1v) is 11.9. The van der Waals surface area contributed by atoms with Crippen molar-refractivity contribution in [2.24, 2.45) is 0 Å². The highest BCUT2D eigenvalue weighted by molar-refractivity contribution is 7.88.